The van der Waals surface area contributed by atoms with Crippen LogP contribution in [0.2, 0.25) is 0 Å². The average Bonchev–Trinajstić information content (AvgIpc) is 2.81. The van der Waals surface area contributed by atoms with Gasteiger partial charge in [-0.15, -0.1) is 0 Å². The van der Waals surface area contributed by atoms with E-state index < -0.39 is 6.04 Å². The van der Waals surface area contributed by atoms with E-state index in [4.69, 9.17) is 4.74 Å². The molecule has 0 aliphatic carbocycles. The van der Waals surface area contributed by atoms with Crippen LogP contribution in [0.25, 0.3) is 0 Å². The van der Waals surface area contributed by atoms with Gasteiger partial charge in [-0.05, 0) is 30.2 Å². The second-order valence-electron chi connectivity index (χ2n) is 7.43. The SMILES string of the molecule is CNC(=O)C(Cc1ccccc1)N(Cc1ccc(C)cc1)C(=O)COc1ccccc1. The number of carbonyl (C=O) groups is 2. The summed E-state index contributed by atoms with van der Waals surface area (Å²) in [4.78, 5) is 27.7. The molecule has 0 saturated carbocycles. The molecule has 1 atom stereocenters. The standard InChI is InChI=1S/C26H28N2O3/c1-20-13-15-22(16-14-20)18-28(25(29)19-31-23-11-7-4-8-12-23)24(26(30)27-2)17-21-9-5-3-6-10-21/h3-16,24H,17-19H2,1-2H3,(H,27,30). The largest absolute Gasteiger partial charge is 0.484 e. The maximum Gasteiger partial charge on any atom is 0.261 e. The number of hydrogen-bond donors (Lipinski definition) is 1. The Kier molecular flexibility index (Phi) is 7.82. The number of rotatable bonds is 9. The number of carbonyl (C=O) groups excluding carboxylic acids is 2. The van der Waals surface area contributed by atoms with Crippen molar-refractivity contribution in [2.75, 3.05) is 13.7 Å². The summed E-state index contributed by atoms with van der Waals surface area (Å²) in [6.07, 6.45) is 0.420. The lowest BCUT2D eigenvalue weighted by Crippen LogP contribution is -2.51. The zero-order valence-electron chi connectivity index (χ0n) is 18.0. The Hall–Kier alpha value is -3.60. The summed E-state index contributed by atoms with van der Waals surface area (Å²) in [5.74, 6) is 0.170. The molecule has 160 valence electrons. The van der Waals surface area contributed by atoms with Gasteiger partial charge in [0.15, 0.2) is 6.61 Å². The van der Waals surface area contributed by atoms with Crippen LogP contribution in [-0.2, 0) is 22.6 Å². The minimum absolute atomic E-state index is 0.141. The Morgan fingerprint density at radius 2 is 1.48 bits per heavy atom. The molecule has 0 bridgehead atoms. The number of amides is 2. The molecular weight excluding hydrogens is 388 g/mol. The van der Waals surface area contributed by atoms with E-state index in [1.54, 1.807) is 24.1 Å². The van der Waals surface area contributed by atoms with Gasteiger partial charge in [-0.25, -0.2) is 0 Å². The zero-order chi connectivity index (χ0) is 22.1. The normalized spacial score (nSPS) is 11.4. The second kappa shape index (κ2) is 11.0. The van der Waals surface area contributed by atoms with Gasteiger partial charge in [0, 0.05) is 20.0 Å². The quantitative estimate of drug-likeness (QED) is 0.578. The van der Waals surface area contributed by atoms with Crippen molar-refractivity contribution >= 4 is 11.8 Å². The molecule has 0 fully saturated rings. The molecule has 31 heavy (non-hydrogen) atoms. The molecular formula is C26H28N2O3. The molecule has 5 heteroatoms. The van der Waals surface area contributed by atoms with Crippen LogP contribution in [0.3, 0.4) is 0 Å². The van der Waals surface area contributed by atoms with Crippen molar-refractivity contribution in [2.45, 2.75) is 25.9 Å². The highest BCUT2D eigenvalue weighted by Gasteiger charge is 2.30. The van der Waals surface area contributed by atoms with Crippen molar-refractivity contribution in [1.29, 1.82) is 0 Å². The number of aryl methyl sites for hydroxylation is 1. The minimum atomic E-state index is -0.652. The summed E-state index contributed by atoms with van der Waals surface area (Å²) in [7, 11) is 1.59. The van der Waals surface area contributed by atoms with Crippen molar-refractivity contribution < 1.29 is 14.3 Å². The fourth-order valence-corrected chi connectivity index (χ4v) is 3.36. The highest BCUT2D eigenvalue weighted by atomic mass is 16.5. The van der Waals surface area contributed by atoms with Gasteiger partial charge in [0.1, 0.15) is 11.8 Å². The minimum Gasteiger partial charge on any atom is -0.484 e. The van der Waals surface area contributed by atoms with Crippen molar-refractivity contribution in [3.8, 4) is 5.75 Å². The first-order chi connectivity index (χ1) is 15.1. The molecule has 0 heterocycles. The van der Waals surface area contributed by atoms with E-state index in [0.717, 1.165) is 16.7 Å². The Morgan fingerprint density at radius 1 is 0.871 bits per heavy atom. The molecule has 0 aromatic heterocycles. The predicted octanol–water partition coefficient (Wildman–Crippen LogP) is 3.76. The van der Waals surface area contributed by atoms with Crippen LogP contribution in [0.5, 0.6) is 5.75 Å². The number of benzene rings is 3. The van der Waals surface area contributed by atoms with Gasteiger partial charge < -0.3 is 15.0 Å². The number of hydrogen-bond acceptors (Lipinski definition) is 3. The second-order valence-corrected chi connectivity index (χ2v) is 7.43. The molecule has 0 aliphatic heterocycles. The lowest BCUT2D eigenvalue weighted by molar-refractivity contribution is -0.142. The highest BCUT2D eigenvalue weighted by Crippen LogP contribution is 2.16. The Bertz CT molecular complexity index is 973. The van der Waals surface area contributed by atoms with Crippen molar-refractivity contribution in [2.24, 2.45) is 0 Å². The first kappa shape index (κ1) is 22.1. The number of nitrogens with one attached hydrogen (secondary N) is 1. The lowest BCUT2D eigenvalue weighted by atomic mass is 10.0. The first-order valence-electron chi connectivity index (χ1n) is 10.3. The topological polar surface area (TPSA) is 58.6 Å². The highest BCUT2D eigenvalue weighted by molar-refractivity contribution is 5.88. The molecule has 0 spiro atoms. The number of likely N-dealkylation sites (N-methyl/N-ethyl adjacent to an activating group) is 1. The maximum absolute atomic E-state index is 13.3. The summed E-state index contributed by atoms with van der Waals surface area (Å²) in [6, 6.07) is 26.2. The average molecular weight is 417 g/mol. The predicted molar refractivity (Wildman–Crippen MR) is 122 cm³/mol. The lowest BCUT2D eigenvalue weighted by Gasteiger charge is -2.31. The van der Waals surface area contributed by atoms with E-state index >= 15 is 0 Å². The van der Waals surface area contributed by atoms with Crippen LogP contribution in [0.15, 0.2) is 84.9 Å². The third-order valence-electron chi connectivity index (χ3n) is 5.10. The third-order valence-corrected chi connectivity index (χ3v) is 5.10. The summed E-state index contributed by atoms with van der Waals surface area (Å²) >= 11 is 0. The van der Waals surface area contributed by atoms with Crippen LogP contribution < -0.4 is 10.1 Å². The molecule has 3 aromatic carbocycles. The smallest absolute Gasteiger partial charge is 0.261 e. The van der Waals surface area contributed by atoms with E-state index in [1.165, 1.54) is 0 Å². The van der Waals surface area contributed by atoms with E-state index in [2.05, 4.69) is 5.32 Å². The fraction of sp³-hybridized carbons (Fsp3) is 0.231. The third kappa shape index (κ3) is 6.44. The van der Waals surface area contributed by atoms with Gasteiger partial charge >= 0.3 is 0 Å². The van der Waals surface area contributed by atoms with Gasteiger partial charge in [-0.3, -0.25) is 9.59 Å². The monoisotopic (exact) mass is 416 g/mol. The summed E-state index contributed by atoms with van der Waals surface area (Å²) < 4.78 is 5.70. The molecule has 0 aliphatic rings. The van der Waals surface area contributed by atoms with Gasteiger partial charge in [0.25, 0.3) is 5.91 Å². The summed E-state index contributed by atoms with van der Waals surface area (Å²) in [6.45, 7) is 2.20. The Morgan fingerprint density at radius 3 is 2.10 bits per heavy atom. The van der Waals surface area contributed by atoms with Gasteiger partial charge in [0.2, 0.25) is 5.91 Å². The summed E-state index contributed by atoms with van der Waals surface area (Å²) in [5, 5.41) is 2.72. The van der Waals surface area contributed by atoms with Crippen LogP contribution in [0.4, 0.5) is 0 Å². The molecule has 0 saturated heterocycles. The Labute approximate surface area is 183 Å². The van der Waals surface area contributed by atoms with Crippen molar-refractivity contribution in [3.63, 3.8) is 0 Å². The molecule has 3 aromatic rings. The van der Waals surface area contributed by atoms with Crippen LogP contribution >= 0.6 is 0 Å². The van der Waals surface area contributed by atoms with Crippen molar-refractivity contribution in [1.82, 2.24) is 10.2 Å². The van der Waals surface area contributed by atoms with Gasteiger partial charge in [0.05, 0.1) is 0 Å². The molecule has 0 radical (unpaired) electrons. The van der Waals surface area contributed by atoms with E-state index in [-0.39, 0.29) is 18.4 Å². The van der Waals surface area contributed by atoms with E-state index in [0.29, 0.717) is 18.7 Å². The van der Waals surface area contributed by atoms with E-state index in [1.807, 2.05) is 79.7 Å². The summed E-state index contributed by atoms with van der Waals surface area (Å²) in [5.41, 5.74) is 3.09. The molecule has 5 nitrogen and oxygen atoms in total. The van der Waals surface area contributed by atoms with E-state index in [9.17, 15) is 9.59 Å². The first-order valence-corrected chi connectivity index (χ1v) is 10.3. The van der Waals surface area contributed by atoms with Gasteiger partial charge in [-0.2, -0.15) is 0 Å². The fourth-order valence-electron chi connectivity index (χ4n) is 3.36. The molecule has 3 rings (SSSR count). The van der Waals surface area contributed by atoms with Crippen molar-refractivity contribution in [3.05, 3.63) is 102 Å². The van der Waals surface area contributed by atoms with Gasteiger partial charge in [-0.1, -0.05) is 78.4 Å². The zero-order valence-corrected chi connectivity index (χ0v) is 18.0. The number of ether oxygens (including phenoxy) is 1. The Balaban J connectivity index is 1.86. The van der Waals surface area contributed by atoms with Crippen LogP contribution in [0, 0.1) is 6.92 Å². The molecule has 1 N–H and O–H groups in total. The van der Waals surface area contributed by atoms with Crippen LogP contribution in [0.1, 0.15) is 16.7 Å². The molecule has 2 amide bonds. The maximum atomic E-state index is 13.3. The number of para-hydroxylation sites is 1. The number of nitrogens with zero attached hydrogens (tertiary/aromatic N) is 1. The molecule has 1 unspecified atom stereocenters. The van der Waals surface area contributed by atoms with Crippen LogP contribution in [-0.4, -0.2) is 36.4 Å².